The van der Waals surface area contributed by atoms with Crippen LogP contribution >= 0.6 is 0 Å². The summed E-state index contributed by atoms with van der Waals surface area (Å²) in [4.78, 5) is 16.6. The Hall–Kier alpha value is -0.610. The molecule has 1 fully saturated rings. The highest BCUT2D eigenvalue weighted by Gasteiger charge is 2.39. The van der Waals surface area contributed by atoms with E-state index in [2.05, 4.69) is 31.0 Å². The van der Waals surface area contributed by atoms with Gasteiger partial charge in [-0.15, -0.1) is 0 Å². The van der Waals surface area contributed by atoms with Gasteiger partial charge in [-0.2, -0.15) is 0 Å². The van der Waals surface area contributed by atoms with Crippen LogP contribution in [-0.4, -0.2) is 61.0 Å². The number of amides is 1. The first-order chi connectivity index (χ1) is 7.94. The molecule has 0 bridgehead atoms. The summed E-state index contributed by atoms with van der Waals surface area (Å²) in [6.45, 7) is 9.31. The summed E-state index contributed by atoms with van der Waals surface area (Å²) in [6, 6.07) is 0.0231. The summed E-state index contributed by atoms with van der Waals surface area (Å²) in [7, 11) is 3.86. The third kappa shape index (κ3) is 3.19. The molecule has 1 aliphatic rings. The first-order valence-electron chi connectivity index (χ1n) is 6.60. The number of nitrogens with one attached hydrogen (secondary N) is 1. The SMILES string of the molecule is CCN1C(CCNC)C(=O)N(C)CCC1(C)C. The van der Waals surface area contributed by atoms with E-state index in [0.29, 0.717) is 0 Å². The molecule has 1 atom stereocenters. The minimum Gasteiger partial charge on any atom is -0.344 e. The molecule has 1 saturated heterocycles. The molecule has 0 aromatic carbocycles. The average molecular weight is 241 g/mol. The molecular formula is C13H27N3O. The lowest BCUT2D eigenvalue weighted by molar-refractivity contribution is -0.135. The molecule has 1 heterocycles. The summed E-state index contributed by atoms with van der Waals surface area (Å²) in [5.41, 5.74) is 0.105. The first kappa shape index (κ1) is 14.5. The molecule has 1 amide bonds. The summed E-state index contributed by atoms with van der Waals surface area (Å²) >= 11 is 0. The Morgan fingerprint density at radius 1 is 1.47 bits per heavy atom. The van der Waals surface area contributed by atoms with E-state index in [1.165, 1.54) is 0 Å². The van der Waals surface area contributed by atoms with Gasteiger partial charge < -0.3 is 10.2 Å². The fraction of sp³-hybridized carbons (Fsp3) is 0.923. The van der Waals surface area contributed by atoms with Crippen molar-refractivity contribution in [3.05, 3.63) is 0 Å². The molecule has 1 aliphatic heterocycles. The normalized spacial score (nSPS) is 26.1. The van der Waals surface area contributed by atoms with Crippen LogP contribution in [0.4, 0.5) is 0 Å². The largest absolute Gasteiger partial charge is 0.344 e. The molecule has 0 aromatic heterocycles. The third-order valence-electron chi connectivity index (χ3n) is 3.88. The second kappa shape index (κ2) is 5.83. The fourth-order valence-electron chi connectivity index (χ4n) is 2.71. The van der Waals surface area contributed by atoms with Crippen LogP contribution < -0.4 is 5.32 Å². The van der Waals surface area contributed by atoms with Crippen LogP contribution in [0, 0.1) is 0 Å². The van der Waals surface area contributed by atoms with Gasteiger partial charge in [-0.25, -0.2) is 0 Å². The Morgan fingerprint density at radius 3 is 2.65 bits per heavy atom. The van der Waals surface area contributed by atoms with Gasteiger partial charge in [0.2, 0.25) is 5.91 Å². The highest BCUT2D eigenvalue weighted by molar-refractivity contribution is 5.82. The number of likely N-dealkylation sites (N-methyl/N-ethyl adjacent to an activating group) is 2. The Balaban J connectivity index is 2.92. The van der Waals surface area contributed by atoms with Crippen LogP contribution in [0.15, 0.2) is 0 Å². The maximum Gasteiger partial charge on any atom is 0.239 e. The molecule has 0 saturated carbocycles. The topological polar surface area (TPSA) is 35.6 Å². The van der Waals surface area contributed by atoms with E-state index < -0.39 is 0 Å². The fourth-order valence-corrected chi connectivity index (χ4v) is 2.71. The van der Waals surface area contributed by atoms with E-state index in [4.69, 9.17) is 0 Å². The molecule has 1 N–H and O–H groups in total. The van der Waals surface area contributed by atoms with Gasteiger partial charge in [0.1, 0.15) is 0 Å². The molecule has 4 heteroatoms. The zero-order chi connectivity index (χ0) is 13.1. The maximum absolute atomic E-state index is 12.4. The number of hydrogen-bond acceptors (Lipinski definition) is 3. The van der Waals surface area contributed by atoms with E-state index >= 15 is 0 Å². The van der Waals surface area contributed by atoms with Gasteiger partial charge >= 0.3 is 0 Å². The van der Waals surface area contributed by atoms with Crippen molar-refractivity contribution in [3.63, 3.8) is 0 Å². The predicted octanol–water partition coefficient (Wildman–Crippen LogP) is 0.927. The molecule has 0 radical (unpaired) electrons. The molecular weight excluding hydrogens is 214 g/mol. The van der Waals surface area contributed by atoms with Crippen LogP contribution in [0.2, 0.25) is 0 Å². The second-order valence-corrected chi connectivity index (χ2v) is 5.52. The van der Waals surface area contributed by atoms with E-state index in [1.54, 1.807) is 0 Å². The average Bonchev–Trinajstić information content (AvgIpc) is 2.36. The zero-order valence-corrected chi connectivity index (χ0v) is 11.9. The molecule has 0 aromatic rings. The molecule has 0 aliphatic carbocycles. The van der Waals surface area contributed by atoms with Gasteiger partial charge in [0.25, 0.3) is 0 Å². The van der Waals surface area contributed by atoms with Gasteiger partial charge in [0, 0.05) is 19.1 Å². The van der Waals surface area contributed by atoms with Crippen LogP contribution in [-0.2, 0) is 4.79 Å². The maximum atomic E-state index is 12.4. The molecule has 1 rings (SSSR count). The molecule has 4 nitrogen and oxygen atoms in total. The Labute approximate surface area is 105 Å². The quantitative estimate of drug-likeness (QED) is 0.795. The highest BCUT2D eigenvalue weighted by Crippen LogP contribution is 2.27. The van der Waals surface area contributed by atoms with Crippen molar-refractivity contribution in [3.8, 4) is 0 Å². The summed E-state index contributed by atoms with van der Waals surface area (Å²) < 4.78 is 0. The van der Waals surface area contributed by atoms with Crippen molar-refractivity contribution in [1.82, 2.24) is 15.1 Å². The van der Waals surface area contributed by atoms with Crippen LogP contribution in [0.3, 0.4) is 0 Å². The predicted molar refractivity (Wildman–Crippen MR) is 71.0 cm³/mol. The van der Waals surface area contributed by atoms with Gasteiger partial charge in [0.05, 0.1) is 6.04 Å². The van der Waals surface area contributed by atoms with E-state index in [1.807, 2.05) is 19.0 Å². The Bertz CT molecular complexity index is 265. The van der Waals surface area contributed by atoms with Gasteiger partial charge in [-0.05, 0) is 46.8 Å². The van der Waals surface area contributed by atoms with Crippen molar-refractivity contribution in [2.24, 2.45) is 0 Å². The highest BCUT2D eigenvalue weighted by atomic mass is 16.2. The summed E-state index contributed by atoms with van der Waals surface area (Å²) in [5.74, 6) is 0.271. The van der Waals surface area contributed by atoms with E-state index in [9.17, 15) is 4.79 Å². The first-order valence-corrected chi connectivity index (χ1v) is 6.60. The van der Waals surface area contributed by atoms with Crippen LogP contribution in [0.25, 0.3) is 0 Å². The smallest absolute Gasteiger partial charge is 0.239 e. The summed E-state index contributed by atoms with van der Waals surface area (Å²) in [6.07, 6.45) is 1.93. The van der Waals surface area contributed by atoms with Crippen molar-refractivity contribution < 1.29 is 4.79 Å². The standard InChI is InChI=1S/C13H27N3O/c1-6-16-11(7-9-14-4)12(17)15(5)10-8-13(16,2)3/h11,14H,6-10H2,1-5H3. The Morgan fingerprint density at radius 2 is 2.12 bits per heavy atom. The lowest BCUT2D eigenvalue weighted by atomic mass is 9.96. The van der Waals surface area contributed by atoms with Gasteiger partial charge in [-0.3, -0.25) is 9.69 Å². The number of carbonyl (C=O) groups excluding carboxylic acids is 1. The van der Waals surface area contributed by atoms with Crippen molar-refractivity contribution in [2.75, 3.05) is 33.7 Å². The minimum absolute atomic E-state index is 0.0231. The number of rotatable bonds is 4. The lowest BCUT2D eigenvalue weighted by Gasteiger charge is -2.40. The number of hydrogen-bond donors (Lipinski definition) is 1. The molecule has 100 valence electrons. The van der Waals surface area contributed by atoms with Gasteiger partial charge in [-0.1, -0.05) is 6.92 Å². The number of carbonyl (C=O) groups is 1. The lowest BCUT2D eigenvalue weighted by Crippen LogP contribution is -2.53. The summed E-state index contributed by atoms with van der Waals surface area (Å²) in [5, 5.41) is 3.15. The van der Waals surface area contributed by atoms with Crippen molar-refractivity contribution in [1.29, 1.82) is 0 Å². The third-order valence-corrected chi connectivity index (χ3v) is 3.88. The zero-order valence-electron chi connectivity index (χ0n) is 11.9. The molecule has 17 heavy (non-hydrogen) atoms. The number of nitrogens with zero attached hydrogens (tertiary/aromatic N) is 2. The second-order valence-electron chi connectivity index (χ2n) is 5.52. The molecule has 1 unspecified atom stereocenters. The van der Waals surface area contributed by atoms with Crippen molar-refractivity contribution >= 4 is 5.91 Å². The van der Waals surface area contributed by atoms with Crippen LogP contribution in [0.5, 0.6) is 0 Å². The van der Waals surface area contributed by atoms with E-state index in [0.717, 1.165) is 32.5 Å². The molecule has 0 spiro atoms. The monoisotopic (exact) mass is 241 g/mol. The van der Waals surface area contributed by atoms with E-state index in [-0.39, 0.29) is 17.5 Å². The van der Waals surface area contributed by atoms with Gasteiger partial charge in [0.15, 0.2) is 0 Å². The van der Waals surface area contributed by atoms with Crippen LogP contribution in [0.1, 0.15) is 33.6 Å². The van der Waals surface area contributed by atoms with Crippen molar-refractivity contribution in [2.45, 2.75) is 45.2 Å². The Kier molecular flexibility index (Phi) is 4.95. The minimum atomic E-state index is 0.0231.